The summed E-state index contributed by atoms with van der Waals surface area (Å²) < 4.78 is 13.6. The number of benzene rings is 1. The summed E-state index contributed by atoms with van der Waals surface area (Å²) in [5, 5.41) is 11.1. The van der Waals surface area contributed by atoms with E-state index in [4.69, 9.17) is 11.6 Å². The lowest BCUT2D eigenvalue weighted by atomic mass is 9.92. The molecule has 4 heteroatoms. The van der Waals surface area contributed by atoms with E-state index in [1.54, 1.807) is 23.9 Å². The van der Waals surface area contributed by atoms with Crippen LogP contribution in [0.1, 0.15) is 18.9 Å². The minimum absolute atomic E-state index is 0.328. The largest absolute Gasteiger partial charge is 0.389 e. The van der Waals surface area contributed by atoms with Gasteiger partial charge in [-0.1, -0.05) is 24.6 Å². The summed E-state index contributed by atoms with van der Waals surface area (Å²) in [4.78, 5) is 0. The average molecular weight is 261 g/mol. The Morgan fingerprint density at radius 2 is 2.38 bits per heavy atom. The standard InChI is InChI=1S/C12H14ClFOS/c1-8-5-12(15,7-16-8)6-9-2-3-10(13)4-11(9)14/h2-4,8,15H,5-7H2,1H3. The van der Waals surface area contributed by atoms with Gasteiger partial charge in [-0.3, -0.25) is 0 Å². The van der Waals surface area contributed by atoms with Gasteiger partial charge in [0.2, 0.25) is 0 Å². The number of hydrogen-bond acceptors (Lipinski definition) is 2. The summed E-state index contributed by atoms with van der Waals surface area (Å²) >= 11 is 7.42. The van der Waals surface area contributed by atoms with Crippen LogP contribution in [0.3, 0.4) is 0 Å². The van der Waals surface area contributed by atoms with Crippen molar-refractivity contribution in [3.8, 4) is 0 Å². The Bertz CT molecular complexity index is 399. The Morgan fingerprint density at radius 3 is 2.94 bits per heavy atom. The monoisotopic (exact) mass is 260 g/mol. The fourth-order valence-corrected chi connectivity index (χ4v) is 3.49. The molecule has 88 valence electrons. The van der Waals surface area contributed by atoms with Gasteiger partial charge in [-0.15, -0.1) is 0 Å². The molecule has 2 atom stereocenters. The Morgan fingerprint density at radius 1 is 1.62 bits per heavy atom. The molecule has 0 aromatic heterocycles. The van der Waals surface area contributed by atoms with Gasteiger partial charge in [0.25, 0.3) is 0 Å². The molecule has 0 spiro atoms. The first-order chi connectivity index (χ1) is 7.48. The Kier molecular flexibility index (Phi) is 3.48. The van der Waals surface area contributed by atoms with Gasteiger partial charge in [0.15, 0.2) is 0 Å². The molecule has 1 aromatic carbocycles. The molecular weight excluding hydrogens is 247 g/mol. The van der Waals surface area contributed by atoms with Crippen LogP contribution in [0.2, 0.25) is 5.02 Å². The highest BCUT2D eigenvalue weighted by Crippen LogP contribution is 2.36. The van der Waals surface area contributed by atoms with Gasteiger partial charge in [-0.25, -0.2) is 4.39 Å². The fourth-order valence-electron chi connectivity index (χ4n) is 2.09. The third-order valence-electron chi connectivity index (χ3n) is 2.84. The maximum atomic E-state index is 13.6. The molecule has 1 aromatic rings. The molecular formula is C12H14ClFOS. The number of hydrogen-bond donors (Lipinski definition) is 1. The highest BCUT2D eigenvalue weighted by Gasteiger charge is 2.36. The van der Waals surface area contributed by atoms with Crippen molar-refractivity contribution in [2.24, 2.45) is 0 Å². The third kappa shape index (κ3) is 2.70. The number of aliphatic hydroxyl groups is 1. The zero-order chi connectivity index (χ0) is 11.8. The predicted octanol–water partition coefficient (Wildman–Crippen LogP) is 3.28. The molecule has 0 saturated carbocycles. The van der Waals surface area contributed by atoms with Gasteiger partial charge in [0, 0.05) is 22.4 Å². The molecule has 1 aliphatic heterocycles. The van der Waals surface area contributed by atoms with E-state index in [0.717, 1.165) is 6.42 Å². The van der Waals surface area contributed by atoms with Crippen LogP contribution in [0, 0.1) is 5.82 Å². The molecule has 1 nitrogen and oxygen atoms in total. The van der Waals surface area contributed by atoms with Crippen LogP contribution in [0.15, 0.2) is 18.2 Å². The van der Waals surface area contributed by atoms with Crippen molar-refractivity contribution >= 4 is 23.4 Å². The summed E-state index contributed by atoms with van der Waals surface area (Å²) in [6, 6.07) is 4.61. The lowest BCUT2D eigenvalue weighted by Gasteiger charge is -2.22. The molecule has 0 amide bonds. The highest BCUT2D eigenvalue weighted by molar-refractivity contribution is 8.00. The zero-order valence-electron chi connectivity index (χ0n) is 9.04. The second kappa shape index (κ2) is 4.55. The minimum atomic E-state index is -0.765. The van der Waals surface area contributed by atoms with E-state index >= 15 is 0 Å². The molecule has 2 rings (SSSR count). The molecule has 0 aliphatic carbocycles. The molecule has 2 unspecified atom stereocenters. The molecule has 0 bridgehead atoms. The van der Waals surface area contributed by atoms with E-state index < -0.39 is 5.60 Å². The maximum absolute atomic E-state index is 13.6. The van der Waals surface area contributed by atoms with Gasteiger partial charge in [-0.2, -0.15) is 11.8 Å². The normalized spacial score (nSPS) is 29.6. The Balaban J connectivity index is 2.14. The van der Waals surface area contributed by atoms with Crippen LogP contribution < -0.4 is 0 Å². The fraction of sp³-hybridized carbons (Fsp3) is 0.500. The SMILES string of the molecule is CC1CC(O)(Cc2ccc(Cl)cc2F)CS1. The van der Waals surface area contributed by atoms with Crippen molar-refractivity contribution in [1.29, 1.82) is 0 Å². The van der Waals surface area contributed by atoms with Crippen molar-refractivity contribution in [3.05, 3.63) is 34.6 Å². The van der Waals surface area contributed by atoms with Crippen LogP contribution in [-0.4, -0.2) is 21.7 Å². The van der Waals surface area contributed by atoms with Gasteiger partial charge in [-0.05, 0) is 24.1 Å². The second-order valence-corrected chi connectivity index (χ2v) is 6.33. The molecule has 1 N–H and O–H groups in total. The van der Waals surface area contributed by atoms with Crippen molar-refractivity contribution in [2.45, 2.75) is 30.6 Å². The third-order valence-corrected chi connectivity index (χ3v) is 4.51. The van der Waals surface area contributed by atoms with E-state index in [2.05, 4.69) is 6.92 Å². The van der Waals surface area contributed by atoms with E-state index in [1.807, 2.05) is 0 Å². The smallest absolute Gasteiger partial charge is 0.127 e. The minimum Gasteiger partial charge on any atom is -0.389 e. The molecule has 1 saturated heterocycles. The van der Waals surface area contributed by atoms with Gasteiger partial charge in [0.05, 0.1) is 5.60 Å². The first-order valence-corrected chi connectivity index (χ1v) is 6.69. The van der Waals surface area contributed by atoms with E-state index in [0.29, 0.717) is 28.0 Å². The van der Waals surface area contributed by atoms with Crippen LogP contribution in [0.4, 0.5) is 4.39 Å². The van der Waals surface area contributed by atoms with Crippen molar-refractivity contribution < 1.29 is 9.50 Å². The summed E-state index contributed by atoms with van der Waals surface area (Å²) in [5.41, 5.74) is -0.222. The van der Waals surface area contributed by atoms with Crippen molar-refractivity contribution in [3.63, 3.8) is 0 Å². The van der Waals surface area contributed by atoms with Crippen LogP contribution >= 0.6 is 23.4 Å². The Labute approximate surface area is 104 Å². The molecule has 0 radical (unpaired) electrons. The number of halogens is 2. The quantitative estimate of drug-likeness (QED) is 0.881. The molecule has 1 fully saturated rings. The maximum Gasteiger partial charge on any atom is 0.127 e. The number of rotatable bonds is 2. The average Bonchev–Trinajstić information content (AvgIpc) is 2.52. The van der Waals surface area contributed by atoms with Gasteiger partial charge < -0.3 is 5.11 Å². The van der Waals surface area contributed by atoms with E-state index in [-0.39, 0.29) is 5.82 Å². The lowest BCUT2D eigenvalue weighted by Crippen LogP contribution is -2.31. The van der Waals surface area contributed by atoms with Crippen molar-refractivity contribution in [2.75, 3.05) is 5.75 Å². The lowest BCUT2D eigenvalue weighted by molar-refractivity contribution is 0.0633. The summed E-state index contributed by atoms with van der Waals surface area (Å²) in [6.07, 6.45) is 1.09. The molecule has 1 heterocycles. The summed E-state index contributed by atoms with van der Waals surface area (Å²) in [6.45, 7) is 2.08. The second-order valence-electron chi connectivity index (χ2n) is 4.46. The Hall–Kier alpha value is -0.250. The van der Waals surface area contributed by atoms with Gasteiger partial charge in [0.1, 0.15) is 5.82 Å². The molecule has 16 heavy (non-hydrogen) atoms. The predicted molar refractivity (Wildman–Crippen MR) is 66.6 cm³/mol. The van der Waals surface area contributed by atoms with Crippen LogP contribution in [-0.2, 0) is 6.42 Å². The summed E-state index contributed by atoms with van der Waals surface area (Å²) in [5.74, 6) is 0.349. The molecule has 1 aliphatic rings. The first-order valence-electron chi connectivity index (χ1n) is 5.26. The first kappa shape index (κ1) is 12.2. The van der Waals surface area contributed by atoms with E-state index in [1.165, 1.54) is 6.07 Å². The highest BCUT2D eigenvalue weighted by atomic mass is 35.5. The van der Waals surface area contributed by atoms with Crippen molar-refractivity contribution in [1.82, 2.24) is 0 Å². The van der Waals surface area contributed by atoms with E-state index in [9.17, 15) is 9.50 Å². The van der Waals surface area contributed by atoms with Gasteiger partial charge >= 0.3 is 0 Å². The number of thioether (sulfide) groups is 1. The summed E-state index contributed by atoms with van der Waals surface area (Å²) in [7, 11) is 0. The topological polar surface area (TPSA) is 20.2 Å². The zero-order valence-corrected chi connectivity index (χ0v) is 10.6. The van der Waals surface area contributed by atoms with Crippen LogP contribution in [0.25, 0.3) is 0 Å². The van der Waals surface area contributed by atoms with Crippen LogP contribution in [0.5, 0.6) is 0 Å².